The Hall–Kier alpha value is -2.90. The first-order valence-corrected chi connectivity index (χ1v) is 7.60. The van der Waals surface area contributed by atoms with Crippen molar-refractivity contribution >= 4 is 17.8 Å². The van der Waals surface area contributed by atoms with E-state index in [1.165, 1.54) is 7.11 Å². The summed E-state index contributed by atoms with van der Waals surface area (Å²) in [7, 11) is 1.29. The molecule has 1 heterocycles. The second-order valence-corrected chi connectivity index (χ2v) is 4.98. The van der Waals surface area contributed by atoms with Crippen molar-refractivity contribution in [3.8, 4) is 5.75 Å². The molecule has 1 aromatic carbocycles. The number of H-pyrrole nitrogens is 1. The van der Waals surface area contributed by atoms with E-state index < -0.39 is 5.97 Å². The first-order chi connectivity index (χ1) is 11.6. The Morgan fingerprint density at radius 3 is 2.67 bits per heavy atom. The van der Waals surface area contributed by atoms with Gasteiger partial charge >= 0.3 is 5.97 Å². The smallest absolute Gasteiger partial charge is 0.313 e. The average Bonchev–Trinajstić information content (AvgIpc) is 3.01. The molecule has 2 rings (SSSR count). The standard InChI is InChI=1S/C16H20N4O4/c1-3-24-12-7-4-11(5-8-12)6-9-14(21)18-16-17-13(19-20-16)10-15(22)23-2/h4-5,7-8H,3,6,9-10H2,1-2H3,(H2,17,18,19,20,21). The number of ether oxygens (including phenoxy) is 2. The number of benzene rings is 1. The van der Waals surface area contributed by atoms with Crippen LogP contribution in [0.25, 0.3) is 0 Å². The number of nitrogens with zero attached hydrogens (tertiary/aromatic N) is 2. The molecule has 2 aromatic rings. The van der Waals surface area contributed by atoms with E-state index in [4.69, 9.17) is 4.74 Å². The van der Waals surface area contributed by atoms with Crippen molar-refractivity contribution in [1.29, 1.82) is 0 Å². The fraction of sp³-hybridized carbons (Fsp3) is 0.375. The minimum Gasteiger partial charge on any atom is -0.494 e. The van der Waals surface area contributed by atoms with Crippen LogP contribution >= 0.6 is 0 Å². The van der Waals surface area contributed by atoms with E-state index in [9.17, 15) is 9.59 Å². The highest BCUT2D eigenvalue weighted by molar-refractivity contribution is 5.89. The molecule has 0 fully saturated rings. The molecular formula is C16H20N4O4. The minimum absolute atomic E-state index is 0.0223. The normalized spacial score (nSPS) is 10.2. The van der Waals surface area contributed by atoms with Gasteiger partial charge in [0.2, 0.25) is 11.9 Å². The van der Waals surface area contributed by atoms with Gasteiger partial charge in [-0.2, -0.15) is 4.98 Å². The van der Waals surface area contributed by atoms with Crippen LogP contribution in [0.3, 0.4) is 0 Å². The molecule has 0 bridgehead atoms. The largest absolute Gasteiger partial charge is 0.494 e. The Balaban J connectivity index is 1.79. The molecule has 0 aliphatic carbocycles. The predicted octanol–water partition coefficient (Wildman–Crippen LogP) is 1.49. The van der Waals surface area contributed by atoms with Gasteiger partial charge in [0.15, 0.2) is 0 Å². The Morgan fingerprint density at radius 2 is 2.00 bits per heavy atom. The van der Waals surface area contributed by atoms with Gasteiger partial charge in [0.25, 0.3) is 0 Å². The lowest BCUT2D eigenvalue weighted by atomic mass is 10.1. The maximum atomic E-state index is 11.9. The molecule has 0 atom stereocenters. The Morgan fingerprint density at radius 1 is 1.25 bits per heavy atom. The number of rotatable bonds is 8. The minimum atomic E-state index is -0.431. The van der Waals surface area contributed by atoms with Crippen molar-refractivity contribution in [2.45, 2.75) is 26.2 Å². The average molecular weight is 332 g/mol. The molecule has 0 spiro atoms. The number of aromatic nitrogens is 3. The number of anilines is 1. The molecule has 0 aliphatic heterocycles. The van der Waals surface area contributed by atoms with E-state index >= 15 is 0 Å². The summed E-state index contributed by atoms with van der Waals surface area (Å²) >= 11 is 0. The number of methoxy groups -OCH3 is 1. The third-order valence-corrected chi connectivity index (χ3v) is 3.20. The monoisotopic (exact) mass is 332 g/mol. The molecule has 8 heteroatoms. The molecule has 8 nitrogen and oxygen atoms in total. The van der Waals surface area contributed by atoms with Crippen LogP contribution in [0.4, 0.5) is 5.95 Å². The zero-order valence-corrected chi connectivity index (χ0v) is 13.7. The zero-order valence-electron chi connectivity index (χ0n) is 13.7. The van der Waals surface area contributed by atoms with Crippen molar-refractivity contribution in [2.24, 2.45) is 0 Å². The number of esters is 1. The lowest BCUT2D eigenvalue weighted by molar-refractivity contribution is -0.139. The van der Waals surface area contributed by atoms with Crippen LogP contribution < -0.4 is 10.1 Å². The van der Waals surface area contributed by atoms with E-state index in [-0.39, 0.29) is 18.3 Å². The van der Waals surface area contributed by atoms with E-state index in [0.29, 0.717) is 25.3 Å². The topological polar surface area (TPSA) is 106 Å². The number of carbonyl (C=O) groups is 2. The van der Waals surface area contributed by atoms with Crippen LogP contribution in [0.2, 0.25) is 0 Å². The maximum absolute atomic E-state index is 11.9. The Labute approximate surface area is 139 Å². The van der Waals surface area contributed by atoms with Crippen LogP contribution in [0.5, 0.6) is 5.75 Å². The van der Waals surface area contributed by atoms with Crippen molar-refractivity contribution in [2.75, 3.05) is 19.0 Å². The van der Waals surface area contributed by atoms with Gasteiger partial charge in [-0.05, 0) is 31.0 Å². The Bertz CT molecular complexity index is 682. The molecule has 0 saturated carbocycles. The first kappa shape index (κ1) is 17.5. The molecule has 2 N–H and O–H groups in total. The van der Waals surface area contributed by atoms with Gasteiger partial charge < -0.3 is 9.47 Å². The quantitative estimate of drug-likeness (QED) is 0.709. The summed E-state index contributed by atoms with van der Waals surface area (Å²) in [5, 5.41) is 9.00. The van der Waals surface area contributed by atoms with Crippen molar-refractivity contribution < 1.29 is 19.1 Å². The SMILES string of the molecule is CCOc1ccc(CCC(=O)Nc2n[nH]c(CC(=O)OC)n2)cc1. The van der Waals surface area contributed by atoms with Crippen molar-refractivity contribution in [3.63, 3.8) is 0 Å². The molecule has 0 radical (unpaired) electrons. The van der Waals surface area contributed by atoms with Gasteiger partial charge in [-0.3, -0.25) is 20.0 Å². The molecule has 128 valence electrons. The molecule has 0 saturated heterocycles. The van der Waals surface area contributed by atoms with Gasteiger partial charge in [0.1, 0.15) is 18.0 Å². The maximum Gasteiger partial charge on any atom is 0.313 e. The van der Waals surface area contributed by atoms with Gasteiger partial charge in [-0.15, -0.1) is 5.10 Å². The van der Waals surface area contributed by atoms with Crippen molar-refractivity contribution in [3.05, 3.63) is 35.7 Å². The zero-order chi connectivity index (χ0) is 17.4. The van der Waals surface area contributed by atoms with Crippen LogP contribution in [0.1, 0.15) is 24.7 Å². The van der Waals surface area contributed by atoms with E-state index in [2.05, 4.69) is 25.2 Å². The number of nitrogens with one attached hydrogen (secondary N) is 2. The van der Waals surface area contributed by atoms with Gasteiger partial charge in [-0.25, -0.2) is 0 Å². The van der Waals surface area contributed by atoms with Crippen LogP contribution in [0.15, 0.2) is 24.3 Å². The fourth-order valence-electron chi connectivity index (χ4n) is 2.00. The highest BCUT2D eigenvalue weighted by atomic mass is 16.5. The lowest BCUT2D eigenvalue weighted by Crippen LogP contribution is -2.13. The predicted molar refractivity (Wildman–Crippen MR) is 86.7 cm³/mol. The Kier molecular flexibility index (Phi) is 6.30. The summed E-state index contributed by atoms with van der Waals surface area (Å²) in [6.45, 7) is 2.55. The van der Waals surface area contributed by atoms with E-state index in [1.54, 1.807) is 0 Å². The fourth-order valence-corrected chi connectivity index (χ4v) is 2.00. The number of hydrogen-bond donors (Lipinski definition) is 2. The second-order valence-electron chi connectivity index (χ2n) is 4.98. The van der Waals surface area contributed by atoms with E-state index in [0.717, 1.165) is 11.3 Å². The molecule has 0 unspecified atom stereocenters. The number of aromatic amines is 1. The third-order valence-electron chi connectivity index (χ3n) is 3.20. The number of carbonyl (C=O) groups excluding carboxylic acids is 2. The van der Waals surface area contributed by atoms with Gasteiger partial charge in [0.05, 0.1) is 13.7 Å². The summed E-state index contributed by atoms with van der Waals surface area (Å²) < 4.78 is 9.90. The molecule has 24 heavy (non-hydrogen) atoms. The second kappa shape index (κ2) is 8.66. The van der Waals surface area contributed by atoms with Crippen LogP contribution in [0, 0.1) is 0 Å². The summed E-state index contributed by atoms with van der Waals surface area (Å²) in [5.74, 6) is 0.658. The first-order valence-electron chi connectivity index (χ1n) is 7.60. The molecular weight excluding hydrogens is 312 g/mol. The van der Waals surface area contributed by atoms with Crippen LogP contribution in [-0.4, -0.2) is 40.8 Å². The molecule has 0 aliphatic rings. The number of amides is 1. The third kappa shape index (κ3) is 5.38. The summed E-state index contributed by atoms with van der Waals surface area (Å²) in [6, 6.07) is 7.62. The summed E-state index contributed by atoms with van der Waals surface area (Å²) in [5.41, 5.74) is 1.04. The highest BCUT2D eigenvalue weighted by Gasteiger charge is 2.11. The highest BCUT2D eigenvalue weighted by Crippen LogP contribution is 2.13. The number of aryl methyl sites for hydroxylation is 1. The summed E-state index contributed by atoms with van der Waals surface area (Å²) in [6.07, 6.45) is 0.873. The van der Waals surface area contributed by atoms with E-state index in [1.807, 2.05) is 31.2 Å². The van der Waals surface area contributed by atoms with Gasteiger partial charge in [-0.1, -0.05) is 12.1 Å². The molecule has 1 aromatic heterocycles. The number of hydrogen-bond acceptors (Lipinski definition) is 6. The van der Waals surface area contributed by atoms with Crippen molar-refractivity contribution in [1.82, 2.24) is 15.2 Å². The lowest BCUT2D eigenvalue weighted by Gasteiger charge is -2.05. The molecule has 1 amide bonds. The van der Waals surface area contributed by atoms with Crippen LogP contribution in [-0.2, 0) is 27.2 Å². The van der Waals surface area contributed by atoms with Gasteiger partial charge in [0, 0.05) is 6.42 Å². The summed E-state index contributed by atoms with van der Waals surface area (Å²) in [4.78, 5) is 27.1.